The second-order valence-corrected chi connectivity index (χ2v) is 6.07. The zero-order valence-corrected chi connectivity index (χ0v) is 11.8. The maximum atomic E-state index is 12.2. The van der Waals surface area contributed by atoms with Crippen LogP contribution >= 0.6 is 0 Å². The van der Waals surface area contributed by atoms with Crippen molar-refractivity contribution in [2.75, 3.05) is 0 Å². The molecule has 0 fully saturated rings. The molecule has 21 heavy (non-hydrogen) atoms. The van der Waals surface area contributed by atoms with Crippen LogP contribution in [0.3, 0.4) is 0 Å². The molecule has 112 valence electrons. The number of hydrogen-bond donors (Lipinski definition) is 4. The molecule has 9 heteroatoms. The highest BCUT2D eigenvalue weighted by Crippen LogP contribution is 2.22. The van der Waals surface area contributed by atoms with E-state index in [1.54, 1.807) is 13.1 Å². The van der Waals surface area contributed by atoms with Crippen LogP contribution in [0.2, 0.25) is 0 Å². The highest BCUT2D eigenvalue weighted by molar-refractivity contribution is 7.89. The van der Waals surface area contributed by atoms with Gasteiger partial charge < -0.3 is 10.2 Å². The van der Waals surface area contributed by atoms with E-state index in [1.807, 2.05) is 0 Å². The van der Waals surface area contributed by atoms with Gasteiger partial charge in [0.15, 0.2) is 0 Å². The highest BCUT2D eigenvalue weighted by atomic mass is 32.2. The van der Waals surface area contributed by atoms with Crippen LogP contribution in [0.15, 0.2) is 35.5 Å². The number of H-pyrrole nitrogens is 1. The Morgan fingerprint density at radius 3 is 2.71 bits per heavy atom. The predicted molar refractivity (Wildman–Crippen MR) is 72.4 cm³/mol. The highest BCUT2D eigenvalue weighted by Gasteiger charge is 2.21. The maximum absolute atomic E-state index is 12.2. The van der Waals surface area contributed by atoms with Crippen LogP contribution in [-0.4, -0.2) is 34.8 Å². The molecule has 1 heterocycles. The Morgan fingerprint density at radius 2 is 2.14 bits per heavy atom. The first-order valence-corrected chi connectivity index (χ1v) is 7.37. The molecular formula is C12H13N3O5S. The maximum Gasteiger partial charge on any atom is 0.339 e. The van der Waals surface area contributed by atoms with Crippen molar-refractivity contribution in [3.8, 4) is 5.75 Å². The average Bonchev–Trinajstić information content (AvgIpc) is 2.92. The minimum Gasteiger partial charge on any atom is -0.507 e. The molecule has 1 aromatic heterocycles. The molecule has 0 aliphatic heterocycles. The van der Waals surface area contributed by atoms with Crippen LogP contribution in [0.25, 0.3) is 0 Å². The number of carboxylic acids is 1. The Balaban J connectivity index is 2.32. The van der Waals surface area contributed by atoms with Crippen molar-refractivity contribution < 1.29 is 23.4 Å². The number of nitrogens with one attached hydrogen (secondary N) is 2. The third-order valence-corrected chi connectivity index (χ3v) is 4.40. The van der Waals surface area contributed by atoms with Gasteiger partial charge in [-0.05, 0) is 25.1 Å². The molecule has 0 aliphatic carbocycles. The van der Waals surface area contributed by atoms with E-state index < -0.39 is 33.3 Å². The van der Waals surface area contributed by atoms with Crippen molar-refractivity contribution in [3.63, 3.8) is 0 Å². The first-order chi connectivity index (χ1) is 9.81. The summed E-state index contributed by atoms with van der Waals surface area (Å²) in [5.74, 6) is -1.91. The van der Waals surface area contributed by atoms with Crippen molar-refractivity contribution in [1.82, 2.24) is 14.9 Å². The number of carboxylic acid groups (broad SMARTS) is 1. The van der Waals surface area contributed by atoms with Gasteiger partial charge in [-0.1, -0.05) is 0 Å². The van der Waals surface area contributed by atoms with Crippen molar-refractivity contribution in [3.05, 3.63) is 41.7 Å². The van der Waals surface area contributed by atoms with Crippen LogP contribution in [0.4, 0.5) is 0 Å². The monoisotopic (exact) mass is 311 g/mol. The summed E-state index contributed by atoms with van der Waals surface area (Å²) in [5.41, 5.74) is 0.157. The second-order valence-electron chi connectivity index (χ2n) is 4.36. The van der Waals surface area contributed by atoms with Gasteiger partial charge in [0.25, 0.3) is 0 Å². The normalized spacial score (nSPS) is 13.0. The zero-order valence-electron chi connectivity index (χ0n) is 10.9. The van der Waals surface area contributed by atoms with Gasteiger partial charge in [-0.25, -0.2) is 17.9 Å². The lowest BCUT2D eigenvalue weighted by molar-refractivity contribution is 0.0693. The quantitative estimate of drug-likeness (QED) is 0.647. The summed E-state index contributed by atoms with van der Waals surface area (Å²) in [6, 6.07) is 2.52. The fourth-order valence-electron chi connectivity index (χ4n) is 1.72. The third kappa shape index (κ3) is 3.20. The van der Waals surface area contributed by atoms with E-state index in [9.17, 15) is 18.3 Å². The average molecular weight is 311 g/mol. The van der Waals surface area contributed by atoms with Gasteiger partial charge in [0.2, 0.25) is 10.0 Å². The Morgan fingerprint density at radius 1 is 1.43 bits per heavy atom. The summed E-state index contributed by atoms with van der Waals surface area (Å²) in [7, 11) is -3.92. The van der Waals surface area contributed by atoms with Crippen LogP contribution in [0.1, 0.15) is 28.9 Å². The summed E-state index contributed by atoms with van der Waals surface area (Å²) in [4.78, 5) is 10.7. The lowest BCUT2D eigenvalue weighted by atomic mass is 10.2. The molecule has 0 radical (unpaired) electrons. The number of phenols is 1. The summed E-state index contributed by atoms with van der Waals surface area (Å²) in [6.07, 6.45) is 3.03. The number of aromatic amines is 1. The van der Waals surface area contributed by atoms with Crippen LogP contribution in [0, 0.1) is 0 Å². The van der Waals surface area contributed by atoms with Crippen LogP contribution in [0.5, 0.6) is 5.75 Å². The van der Waals surface area contributed by atoms with Gasteiger partial charge in [0.05, 0.1) is 11.1 Å². The molecule has 2 rings (SSSR count). The topological polar surface area (TPSA) is 132 Å². The van der Waals surface area contributed by atoms with Gasteiger partial charge in [-0.3, -0.25) is 5.10 Å². The van der Waals surface area contributed by atoms with E-state index in [4.69, 9.17) is 5.11 Å². The lowest BCUT2D eigenvalue weighted by Gasteiger charge is -2.13. The number of benzene rings is 1. The molecule has 0 saturated heterocycles. The first-order valence-electron chi connectivity index (χ1n) is 5.88. The van der Waals surface area contributed by atoms with Gasteiger partial charge >= 0.3 is 5.97 Å². The number of nitrogens with zero attached hydrogens (tertiary/aromatic N) is 1. The number of hydrogen-bond acceptors (Lipinski definition) is 5. The molecule has 0 spiro atoms. The van der Waals surface area contributed by atoms with E-state index in [1.165, 1.54) is 6.20 Å². The number of sulfonamides is 1. The number of rotatable bonds is 5. The molecular weight excluding hydrogens is 298 g/mol. The van der Waals surface area contributed by atoms with E-state index in [-0.39, 0.29) is 4.90 Å². The standard InChI is InChI=1S/C12H13N3O5S/c1-7(8-5-13-14-6-8)15-21(19,20)9-2-3-11(16)10(4-9)12(17)18/h2-7,15-16H,1H3,(H,13,14)(H,17,18). The van der Waals surface area contributed by atoms with E-state index in [0.717, 1.165) is 18.2 Å². The van der Waals surface area contributed by atoms with Crippen molar-refractivity contribution in [2.24, 2.45) is 0 Å². The van der Waals surface area contributed by atoms with E-state index in [0.29, 0.717) is 5.56 Å². The summed E-state index contributed by atoms with van der Waals surface area (Å²) < 4.78 is 26.8. The molecule has 1 unspecified atom stereocenters. The van der Waals surface area contributed by atoms with Crippen molar-refractivity contribution in [2.45, 2.75) is 17.9 Å². The summed E-state index contributed by atoms with van der Waals surface area (Å²) in [5, 5.41) is 24.6. The molecule has 0 bridgehead atoms. The predicted octanol–water partition coefficient (Wildman–Crippen LogP) is 0.853. The molecule has 0 aliphatic rings. The first kappa shape index (κ1) is 15.0. The van der Waals surface area contributed by atoms with Crippen molar-refractivity contribution >= 4 is 16.0 Å². The zero-order chi connectivity index (χ0) is 15.6. The Kier molecular flexibility index (Phi) is 3.96. The van der Waals surface area contributed by atoms with E-state index in [2.05, 4.69) is 14.9 Å². The molecule has 0 amide bonds. The minimum atomic E-state index is -3.92. The van der Waals surface area contributed by atoms with Crippen LogP contribution < -0.4 is 4.72 Å². The Bertz CT molecular complexity index is 755. The molecule has 8 nitrogen and oxygen atoms in total. The second kappa shape index (κ2) is 5.54. The fourth-order valence-corrected chi connectivity index (χ4v) is 2.98. The van der Waals surface area contributed by atoms with E-state index >= 15 is 0 Å². The van der Waals surface area contributed by atoms with Crippen LogP contribution in [-0.2, 0) is 10.0 Å². The number of aromatic nitrogens is 2. The Hall–Kier alpha value is -2.39. The summed E-state index contributed by atoms with van der Waals surface area (Å²) in [6.45, 7) is 1.63. The van der Waals surface area contributed by atoms with Gasteiger partial charge in [0.1, 0.15) is 11.3 Å². The summed E-state index contributed by atoms with van der Waals surface area (Å²) >= 11 is 0. The SMILES string of the molecule is CC(NS(=O)(=O)c1ccc(O)c(C(=O)O)c1)c1cn[nH]c1. The molecule has 2 aromatic rings. The number of aromatic hydroxyl groups is 1. The third-order valence-electron chi connectivity index (χ3n) is 2.86. The number of aromatic carboxylic acids is 1. The Labute approximate surface area is 120 Å². The molecule has 1 aromatic carbocycles. The largest absolute Gasteiger partial charge is 0.507 e. The molecule has 4 N–H and O–H groups in total. The van der Waals surface area contributed by atoms with Gasteiger partial charge in [-0.15, -0.1) is 0 Å². The van der Waals surface area contributed by atoms with Gasteiger partial charge in [0, 0.05) is 17.8 Å². The van der Waals surface area contributed by atoms with Crippen molar-refractivity contribution in [1.29, 1.82) is 0 Å². The lowest BCUT2D eigenvalue weighted by Crippen LogP contribution is -2.26. The molecule has 1 atom stereocenters. The number of carbonyl (C=O) groups is 1. The smallest absolute Gasteiger partial charge is 0.339 e. The molecule has 0 saturated carbocycles. The minimum absolute atomic E-state index is 0.243. The van der Waals surface area contributed by atoms with Gasteiger partial charge in [-0.2, -0.15) is 5.10 Å². The fraction of sp³-hybridized carbons (Fsp3) is 0.167.